The summed E-state index contributed by atoms with van der Waals surface area (Å²) in [5, 5.41) is 0.543. The number of halogens is 1. The molecule has 0 radical (unpaired) electrons. The second kappa shape index (κ2) is 5.55. The lowest BCUT2D eigenvalue weighted by molar-refractivity contribution is 0.0525. The van der Waals surface area contributed by atoms with Gasteiger partial charge in [-0.15, -0.1) is 0 Å². The summed E-state index contributed by atoms with van der Waals surface area (Å²) in [6.07, 6.45) is 4.34. The van der Waals surface area contributed by atoms with Gasteiger partial charge in [0.25, 0.3) is 0 Å². The Morgan fingerprint density at radius 3 is 2.50 bits per heavy atom. The van der Waals surface area contributed by atoms with E-state index in [9.17, 15) is 4.79 Å². The summed E-state index contributed by atoms with van der Waals surface area (Å²) in [5.74, 6) is -0.00664. The van der Waals surface area contributed by atoms with E-state index in [-0.39, 0.29) is 0 Å². The van der Waals surface area contributed by atoms with Crippen molar-refractivity contribution in [3.05, 3.63) is 41.3 Å². The Kier molecular flexibility index (Phi) is 3.84. The highest BCUT2D eigenvalue weighted by Gasteiger charge is 2.09. The van der Waals surface area contributed by atoms with Crippen LogP contribution in [0.1, 0.15) is 17.3 Å². The molecule has 0 aromatic carbocycles. The average molecular weight is 264 g/mol. The van der Waals surface area contributed by atoms with Crippen molar-refractivity contribution in [3.8, 4) is 11.5 Å². The molecule has 0 unspecified atom stereocenters. The zero-order chi connectivity index (χ0) is 13.0. The topological polar surface area (TPSA) is 65.0 Å². The number of pyridine rings is 1. The lowest BCUT2D eigenvalue weighted by Crippen LogP contribution is -2.06. The molecule has 92 valence electrons. The van der Waals surface area contributed by atoms with Gasteiger partial charge in [0.1, 0.15) is 5.69 Å². The third-order valence-electron chi connectivity index (χ3n) is 2.12. The number of hydrogen-bond acceptors (Lipinski definition) is 5. The first kappa shape index (κ1) is 12.4. The third-order valence-corrected chi connectivity index (χ3v) is 2.34. The lowest BCUT2D eigenvalue weighted by Gasteiger charge is -2.02. The molecule has 2 rings (SSSR count). The molecule has 2 aromatic rings. The summed E-state index contributed by atoms with van der Waals surface area (Å²) in [7, 11) is 0. The molecule has 0 spiro atoms. The van der Waals surface area contributed by atoms with E-state index in [2.05, 4.69) is 15.0 Å². The Morgan fingerprint density at radius 1 is 1.22 bits per heavy atom. The van der Waals surface area contributed by atoms with Gasteiger partial charge in [-0.3, -0.25) is 4.98 Å². The fourth-order valence-electron chi connectivity index (χ4n) is 1.29. The number of nitrogens with zero attached hydrogens (tertiary/aromatic N) is 3. The Balaban J connectivity index is 2.22. The van der Waals surface area contributed by atoms with Gasteiger partial charge in [-0.2, -0.15) is 0 Å². The van der Waals surface area contributed by atoms with Crippen molar-refractivity contribution in [1.29, 1.82) is 0 Å². The fourth-order valence-corrected chi connectivity index (χ4v) is 1.40. The van der Waals surface area contributed by atoms with Crippen molar-refractivity contribution >= 4 is 17.6 Å². The number of rotatable bonds is 3. The van der Waals surface area contributed by atoms with Gasteiger partial charge >= 0.3 is 5.97 Å². The van der Waals surface area contributed by atoms with Gasteiger partial charge < -0.3 is 4.74 Å². The van der Waals surface area contributed by atoms with E-state index in [1.807, 2.05) is 0 Å². The SMILES string of the molecule is CCOC(=O)c1cnc(-c2ccc(Cl)cn2)nc1. The number of carbonyl (C=O) groups is 1. The molecule has 0 amide bonds. The number of carbonyl (C=O) groups excluding carboxylic acids is 1. The maximum atomic E-state index is 11.4. The van der Waals surface area contributed by atoms with Crippen molar-refractivity contribution in [2.75, 3.05) is 6.61 Å². The van der Waals surface area contributed by atoms with Gasteiger partial charge in [0.2, 0.25) is 0 Å². The molecule has 0 atom stereocenters. The minimum Gasteiger partial charge on any atom is -0.462 e. The first-order valence-electron chi connectivity index (χ1n) is 5.32. The Hall–Kier alpha value is -2.01. The number of ether oxygens (including phenoxy) is 1. The van der Waals surface area contributed by atoms with Gasteiger partial charge in [-0.25, -0.2) is 14.8 Å². The third kappa shape index (κ3) is 2.81. The Bertz CT molecular complexity index is 540. The predicted molar refractivity (Wildman–Crippen MR) is 66.2 cm³/mol. The predicted octanol–water partition coefficient (Wildman–Crippen LogP) is 2.37. The van der Waals surface area contributed by atoms with Crippen LogP contribution >= 0.6 is 11.6 Å². The van der Waals surface area contributed by atoms with Crippen LogP contribution < -0.4 is 0 Å². The van der Waals surface area contributed by atoms with E-state index in [1.54, 1.807) is 19.1 Å². The zero-order valence-electron chi connectivity index (χ0n) is 9.63. The van der Waals surface area contributed by atoms with E-state index in [1.165, 1.54) is 18.6 Å². The summed E-state index contributed by atoms with van der Waals surface area (Å²) in [6, 6.07) is 3.41. The highest BCUT2D eigenvalue weighted by Crippen LogP contribution is 2.14. The number of hydrogen-bond donors (Lipinski definition) is 0. The van der Waals surface area contributed by atoms with Crippen molar-refractivity contribution in [2.45, 2.75) is 6.92 Å². The van der Waals surface area contributed by atoms with Crippen LogP contribution in [-0.4, -0.2) is 27.5 Å². The second-order valence-electron chi connectivity index (χ2n) is 3.38. The Morgan fingerprint density at radius 2 is 1.94 bits per heavy atom. The molecule has 0 saturated carbocycles. The van der Waals surface area contributed by atoms with Gasteiger partial charge in [0.05, 0.1) is 17.2 Å². The van der Waals surface area contributed by atoms with E-state index in [4.69, 9.17) is 16.3 Å². The van der Waals surface area contributed by atoms with Crippen LogP contribution in [0.25, 0.3) is 11.5 Å². The molecule has 0 aliphatic heterocycles. The van der Waals surface area contributed by atoms with E-state index in [0.29, 0.717) is 28.7 Å². The molecule has 0 N–H and O–H groups in total. The summed E-state index contributed by atoms with van der Waals surface area (Å²) < 4.78 is 4.84. The molecule has 2 aromatic heterocycles. The van der Waals surface area contributed by atoms with E-state index >= 15 is 0 Å². The zero-order valence-corrected chi connectivity index (χ0v) is 10.4. The van der Waals surface area contributed by atoms with Crippen LogP contribution in [0.3, 0.4) is 0 Å². The summed E-state index contributed by atoms with van der Waals surface area (Å²) in [6.45, 7) is 2.06. The van der Waals surface area contributed by atoms with E-state index in [0.717, 1.165) is 0 Å². The first-order chi connectivity index (χ1) is 8.70. The van der Waals surface area contributed by atoms with Crippen LogP contribution in [0.5, 0.6) is 0 Å². The molecule has 18 heavy (non-hydrogen) atoms. The number of aromatic nitrogens is 3. The highest BCUT2D eigenvalue weighted by atomic mass is 35.5. The minimum absolute atomic E-state index is 0.314. The standard InChI is InChI=1S/C12H10ClN3O2/c1-2-18-12(17)8-5-15-11(16-6-8)10-4-3-9(13)7-14-10/h3-7H,2H2,1H3. The Labute approximate surface area is 109 Å². The normalized spacial score (nSPS) is 10.1. The quantitative estimate of drug-likeness (QED) is 0.796. The average Bonchev–Trinajstić information content (AvgIpc) is 2.40. The maximum absolute atomic E-state index is 11.4. The van der Waals surface area contributed by atoms with Gasteiger partial charge in [-0.1, -0.05) is 11.6 Å². The van der Waals surface area contributed by atoms with Gasteiger partial charge in [0, 0.05) is 18.6 Å². The maximum Gasteiger partial charge on any atom is 0.341 e. The van der Waals surface area contributed by atoms with Crippen molar-refractivity contribution in [2.24, 2.45) is 0 Å². The lowest BCUT2D eigenvalue weighted by atomic mass is 10.3. The van der Waals surface area contributed by atoms with E-state index < -0.39 is 5.97 Å². The van der Waals surface area contributed by atoms with Crippen LogP contribution in [0.4, 0.5) is 0 Å². The molecule has 0 aliphatic rings. The van der Waals surface area contributed by atoms with Crippen LogP contribution in [0.2, 0.25) is 5.02 Å². The molecular formula is C12H10ClN3O2. The summed E-state index contributed by atoms with van der Waals surface area (Å²) in [5.41, 5.74) is 0.907. The molecule has 0 fully saturated rings. The van der Waals surface area contributed by atoms with Crippen molar-refractivity contribution in [1.82, 2.24) is 15.0 Å². The molecule has 0 bridgehead atoms. The van der Waals surface area contributed by atoms with Crippen LogP contribution in [0, 0.1) is 0 Å². The summed E-state index contributed by atoms with van der Waals surface area (Å²) >= 11 is 5.74. The van der Waals surface area contributed by atoms with Gasteiger partial charge in [0.15, 0.2) is 5.82 Å². The smallest absolute Gasteiger partial charge is 0.341 e. The largest absolute Gasteiger partial charge is 0.462 e. The van der Waals surface area contributed by atoms with Crippen molar-refractivity contribution in [3.63, 3.8) is 0 Å². The summed E-state index contributed by atoms with van der Waals surface area (Å²) in [4.78, 5) is 23.6. The second-order valence-corrected chi connectivity index (χ2v) is 3.81. The highest BCUT2D eigenvalue weighted by molar-refractivity contribution is 6.30. The molecule has 0 saturated heterocycles. The van der Waals surface area contributed by atoms with Gasteiger partial charge in [-0.05, 0) is 19.1 Å². The fraction of sp³-hybridized carbons (Fsp3) is 0.167. The molecule has 2 heterocycles. The molecule has 0 aliphatic carbocycles. The number of esters is 1. The van der Waals surface area contributed by atoms with Crippen LogP contribution in [-0.2, 0) is 4.74 Å². The molecular weight excluding hydrogens is 254 g/mol. The molecule has 5 nitrogen and oxygen atoms in total. The van der Waals surface area contributed by atoms with Crippen LogP contribution in [0.15, 0.2) is 30.7 Å². The molecule has 6 heteroatoms. The van der Waals surface area contributed by atoms with Crippen molar-refractivity contribution < 1.29 is 9.53 Å². The minimum atomic E-state index is -0.437. The monoisotopic (exact) mass is 263 g/mol. The first-order valence-corrected chi connectivity index (χ1v) is 5.69.